The van der Waals surface area contributed by atoms with Gasteiger partial charge in [-0.25, -0.2) is 0 Å². The van der Waals surface area contributed by atoms with E-state index in [9.17, 15) is 4.79 Å². The molecule has 3 aliphatic rings. The standard InChI is InChI=1S/C13H18N2O3/c1-3-12(18-14-6-9-16)13(17-2)10-15-7-4-11(13)5-8-15/h1,6,9,11-12H,4-5,7-8,10H2,2H3. The molecule has 2 bridgehead atoms. The molecule has 3 aliphatic heterocycles. The Labute approximate surface area is 107 Å². The van der Waals surface area contributed by atoms with Crippen LogP contribution in [0.3, 0.4) is 0 Å². The molecule has 0 aromatic rings. The van der Waals surface area contributed by atoms with Crippen LogP contribution in [0, 0.1) is 18.3 Å². The first-order valence-electron chi connectivity index (χ1n) is 6.13. The van der Waals surface area contributed by atoms with E-state index in [0.29, 0.717) is 12.2 Å². The Morgan fingerprint density at radius 1 is 1.56 bits per heavy atom. The molecule has 0 aromatic heterocycles. The van der Waals surface area contributed by atoms with Gasteiger partial charge in [0.15, 0.2) is 6.29 Å². The van der Waals surface area contributed by atoms with Crippen LogP contribution in [-0.2, 0) is 14.4 Å². The summed E-state index contributed by atoms with van der Waals surface area (Å²) in [6.45, 7) is 2.94. The van der Waals surface area contributed by atoms with Gasteiger partial charge >= 0.3 is 0 Å². The molecule has 5 heteroatoms. The van der Waals surface area contributed by atoms with Gasteiger partial charge in [-0.3, -0.25) is 4.79 Å². The molecule has 3 saturated heterocycles. The first-order chi connectivity index (χ1) is 8.76. The van der Waals surface area contributed by atoms with Gasteiger partial charge in [0, 0.05) is 13.7 Å². The van der Waals surface area contributed by atoms with Crippen molar-refractivity contribution < 1.29 is 14.4 Å². The van der Waals surface area contributed by atoms with E-state index >= 15 is 0 Å². The van der Waals surface area contributed by atoms with Gasteiger partial charge in [-0.1, -0.05) is 11.1 Å². The third-order valence-electron chi connectivity index (χ3n) is 4.01. The Kier molecular flexibility index (Phi) is 4.00. The predicted octanol–water partition coefficient (Wildman–Crippen LogP) is 0.300. The second-order valence-electron chi connectivity index (χ2n) is 4.75. The molecule has 0 aromatic carbocycles. The summed E-state index contributed by atoms with van der Waals surface area (Å²) in [5, 5.41) is 3.58. The van der Waals surface area contributed by atoms with Gasteiger partial charge in [-0.15, -0.1) is 6.42 Å². The minimum absolute atomic E-state index is 0.389. The molecule has 98 valence electrons. The van der Waals surface area contributed by atoms with Crippen molar-refractivity contribution in [3.05, 3.63) is 0 Å². The number of nitrogens with zero attached hydrogens (tertiary/aromatic N) is 2. The Bertz CT molecular complexity index is 369. The van der Waals surface area contributed by atoms with Gasteiger partial charge in [-0.2, -0.15) is 0 Å². The number of hydrogen-bond acceptors (Lipinski definition) is 5. The van der Waals surface area contributed by atoms with Crippen molar-refractivity contribution in [2.45, 2.75) is 24.5 Å². The molecule has 0 N–H and O–H groups in total. The second-order valence-corrected chi connectivity index (χ2v) is 4.75. The zero-order chi connectivity index (χ0) is 13.0. The minimum atomic E-state index is -0.563. The molecular weight excluding hydrogens is 232 g/mol. The number of aldehydes is 1. The van der Waals surface area contributed by atoms with Crippen LogP contribution in [0.5, 0.6) is 0 Å². The van der Waals surface area contributed by atoms with Crippen molar-refractivity contribution in [1.82, 2.24) is 4.90 Å². The monoisotopic (exact) mass is 250 g/mol. The fourth-order valence-electron chi connectivity index (χ4n) is 3.08. The number of rotatable bonds is 5. The molecule has 18 heavy (non-hydrogen) atoms. The van der Waals surface area contributed by atoms with E-state index in [1.807, 2.05) is 0 Å². The number of piperidine rings is 3. The second kappa shape index (κ2) is 5.51. The smallest absolute Gasteiger partial charge is 0.217 e. The predicted molar refractivity (Wildman–Crippen MR) is 67.2 cm³/mol. The van der Waals surface area contributed by atoms with Gasteiger partial charge in [0.1, 0.15) is 11.8 Å². The lowest BCUT2D eigenvalue weighted by molar-refractivity contribution is -0.188. The van der Waals surface area contributed by atoms with Crippen molar-refractivity contribution in [2.75, 3.05) is 26.7 Å². The van der Waals surface area contributed by atoms with Crippen LogP contribution in [-0.4, -0.2) is 55.8 Å². The molecule has 0 aliphatic carbocycles. The number of methoxy groups -OCH3 is 1. The molecule has 0 amide bonds. The maximum absolute atomic E-state index is 10.2. The molecule has 0 saturated carbocycles. The van der Waals surface area contributed by atoms with Crippen LogP contribution in [0.15, 0.2) is 5.16 Å². The fourth-order valence-corrected chi connectivity index (χ4v) is 3.08. The third kappa shape index (κ3) is 2.14. The van der Waals surface area contributed by atoms with E-state index in [0.717, 1.165) is 38.7 Å². The average molecular weight is 250 g/mol. The molecule has 3 fully saturated rings. The topological polar surface area (TPSA) is 51.1 Å². The summed E-state index contributed by atoms with van der Waals surface area (Å²) < 4.78 is 5.73. The number of oxime groups is 1. The molecule has 0 radical (unpaired) electrons. The molecular formula is C13H18N2O3. The summed E-state index contributed by atoms with van der Waals surface area (Å²) in [4.78, 5) is 17.8. The number of carbonyl (C=O) groups is 1. The number of hydrogen-bond donors (Lipinski definition) is 0. The van der Waals surface area contributed by atoms with Gasteiger partial charge in [0.25, 0.3) is 0 Å². The lowest BCUT2D eigenvalue weighted by atomic mass is 9.72. The molecule has 2 unspecified atom stereocenters. The molecule has 0 spiro atoms. The van der Waals surface area contributed by atoms with Crippen molar-refractivity contribution in [2.24, 2.45) is 11.1 Å². The summed E-state index contributed by atoms with van der Waals surface area (Å²) in [6, 6.07) is 0. The van der Waals surface area contributed by atoms with E-state index in [2.05, 4.69) is 16.0 Å². The average Bonchev–Trinajstić information content (AvgIpc) is 2.44. The molecule has 5 nitrogen and oxygen atoms in total. The highest BCUT2D eigenvalue weighted by atomic mass is 16.7. The maximum Gasteiger partial charge on any atom is 0.217 e. The largest absolute Gasteiger partial charge is 0.376 e. The highest BCUT2D eigenvalue weighted by Gasteiger charge is 2.53. The van der Waals surface area contributed by atoms with E-state index in [1.165, 1.54) is 0 Å². The van der Waals surface area contributed by atoms with Crippen molar-refractivity contribution in [3.63, 3.8) is 0 Å². The zero-order valence-corrected chi connectivity index (χ0v) is 10.5. The first kappa shape index (κ1) is 13.1. The Balaban J connectivity index is 2.17. The van der Waals surface area contributed by atoms with Crippen LogP contribution in [0.4, 0.5) is 0 Å². The summed E-state index contributed by atoms with van der Waals surface area (Å²) >= 11 is 0. The van der Waals surface area contributed by atoms with Crippen LogP contribution in [0.1, 0.15) is 12.8 Å². The zero-order valence-electron chi connectivity index (χ0n) is 10.5. The lowest BCUT2D eigenvalue weighted by Gasteiger charge is -2.53. The van der Waals surface area contributed by atoms with Crippen LogP contribution < -0.4 is 0 Å². The summed E-state index contributed by atoms with van der Waals surface area (Å²) in [5.74, 6) is 2.99. The quantitative estimate of drug-likeness (QED) is 0.305. The first-order valence-corrected chi connectivity index (χ1v) is 6.13. The van der Waals surface area contributed by atoms with E-state index in [1.54, 1.807) is 7.11 Å². The van der Waals surface area contributed by atoms with Crippen molar-refractivity contribution in [1.29, 1.82) is 0 Å². The van der Waals surface area contributed by atoms with Gasteiger partial charge < -0.3 is 14.5 Å². The number of terminal acetylenes is 1. The van der Waals surface area contributed by atoms with Gasteiger partial charge in [0.2, 0.25) is 6.10 Å². The van der Waals surface area contributed by atoms with Gasteiger partial charge in [-0.05, 0) is 31.8 Å². The summed E-state index contributed by atoms with van der Waals surface area (Å²) in [6.07, 6.45) is 8.71. The fraction of sp³-hybridized carbons (Fsp3) is 0.692. The van der Waals surface area contributed by atoms with E-state index in [-0.39, 0.29) is 0 Å². The number of carbonyl (C=O) groups excluding carboxylic acids is 1. The van der Waals surface area contributed by atoms with Crippen LogP contribution in [0.25, 0.3) is 0 Å². The van der Waals surface area contributed by atoms with Crippen molar-refractivity contribution >= 4 is 12.5 Å². The highest BCUT2D eigenvalue weighted by Crippen LogP contribution is 2.41. The SMILES string of the molecule is C#CC(ON=CC=O)C1(OC)CN2CCC1CC2. The summed E-state index contributed by atoms with van der Waals surface area (Å²) in [7, 11) is 1.67. The molecule has 3 heterocycles. The lowest BCUT2D eigenvalue weighted by Crippen LogP contribution is -2.65. The van der Waals surface area contributed by atoms with Crippen LogP contribution in [0.2, 0.25) is 0 Å². The van der Waals surface area contributed by atoms with Gasteiger partial charge in [0.05, 0.1) is 0 Å². The van der Waals surface area contributed by atoms with Crippen LogP contribution >= 0.6 is 0 Å². The molecule has 3 rings (SSSR count). The Morgan fingerprint density at radius 2 is 2.28 bits per heavy atom. The van der Waals surface area contributed by atoms with E-state index < -0.39 is 11.7 Å². The normalized spacial score (nSPS) is 36.2. The maximum atomic E-state index is 10.2. The summed E-state index contributed by atoms with van der Waals surface area (Å²) in [5.41, 5.74) is -0.508. The highest BCUT2D eigenvalue weighted by molar-refractivity contribution is 6.12. The minimum Gasteiger partial charge on any atom is -0.376 e. The van der Waals surface area contributed by atoms with Crippen molar-refractivity contribution in [3.8, 4) is 12.3 Å². The Hall–Kier alpha value is -1.38. The molecule has 2 atom stereocenters. The third-order valence-corrected chi connectivity index (χ3v) is 4.01. The number of ether oxygens (including phenoxy) is 1. The van der Waals surface area contributed by atoms with E-state index in [4.69, 9.17) is 16.0 Å². The number of fused-ring (bicyclic) bond motifs is 3. The Morgan fingerprint density at radius 3 is 2.72 bits per heavy atom.